The molecule has 0 aromatic heterocycles. The third-order valence-corrected chi connectivity index (χ3v) is 6.30. The molecule has 2 rings (SSSR count). The molecule has 11 heteroatoms. The summed E-state index contributed by atoms with van der Waals surface area (Å²) in [5.41, 5.74) is 0. The predicted octanol–water partition coefficient (Wildman–Crippen LogP) is 0.629. The summed E-state index contributed by atoms with van der Waals surface area (Å²) in [6, 6.07) is 4.28. The average Bonchev–Trinajstić information content (AvgIpc) is 2.67. The van der Waals surface area contributed by atoms with Crippen molar-refractivity contribution in [2.75, 3.05) is 26.2 Å². The van der Waals surface area contributed by atoms with Crippen molar-refractivity contribution >= 4 is 39.4 Å². The number of hydrogen-bond donors (Lipinski definition) is 1. The van der Waals surface area contributed by atoms with Crippen LogP contribution in [0.3, 0.4) is 0 Å². The van der Waals surface area contributed by atoms with E-state index < -0.39 is 34.0 Å². The first-order valence-corrected chi connectivity index (χ1v) is 10.9. The molecule has 1 N–H and O–H groups in total. The molecule has 2 amide bonds. The molecule has 29 heavy (non-hydrogen) atoms. The van der Waals surface area contributed by atoms with Crippen LogP contribution in [-0.2, 0) is 29.1 Å². The van der Waals surface area contributed by atoms with E-state index in [2.05, 4.69) is 4.72 Å². The molecule has 1 aromatic carbocycles. The maximum Gasteiger partial charge on any atom is 0.324 e. The minimum Gasteiger partial charge on any atom is -0.451 e. The van der Waals surface area contributed by atoms with Gasteiger partial charge in [-0.2, -0.15) is 4.72 Å². The van der Waals surface area contributed by atoms with Crippen molar-refractivity contribution < 1.29 is 27.5 Å². The number of amides is 2. The molecule has 1 aliphatic heterocycles. The predicted molar refractivity (Wildman–Crippen MR) is 106 cm³/mol. The molecule has 1 fully saturated rings. The Labute approximate surface area is 175 Å². The van der Waals surface area contributed by atoms with Gasteiger partial charge in [-0.3, -0.25) is 14.4 Å². The molecule has 1 aliphatic rings. The van der Waals surface area contributed by atoms with Crippen LogP contribution in [0.5, 0.6) is 0 Å². The first-order valence-electron chi connectivity index (χ1n) is 9.04. The fraction of sp³-hybridized carbons (Fsp3) is 0.500. The highest BCUT2D eigenvalue weighted by molar-refractivity contribution is 7.89. The normalized spacial score (nSPS) is 16.8. The van der Waals surface area contributed by atoms with Crippen LogP contribution in [0, 0.1) is 0 Å². The van der Waals surface area contributed by atoms with E-state index in [4.69, 9.17) is 16.3 Å². The molecule has 1 saturated heterocycles. The molecule has 1 unspecified atom stereocenters. The summed E-state index contributed by atoms with van der Waals surface area (Å²) < 4.78 is 32.0. The van der Waals surface area contributed by atoms with E-state index in [9.17, 15) is 22.8 Å². The van der Waals surface area contributed by atoms with E-state index in [0.717, 1.165) is 0 Å². The Hall–Kier alpha value is -2.17. The summed E-state index contributed by atoms with van der Waals surface area (Å²) in [4.78, 5) is 39.2. The molecule has 1 heterocycles. The van der Waals surface area contributed by atoms with Gasteiger partial charge in [-0.1, -0.05) is 11.6 Å². The largest absolute Gasteiger partial charge is 0.451 e. The molecule has 0 bridgehead atoms. The molecule has 9 nitrogen and oxygen atoms in total. The van der Waals surface area contributed by atoms with E-state index in [1.54, 1.807) is 4.90 Å². The van der Waals surface area contributed by atoms with Crippen molar-refractivity contribution in [1.82, 2.24) is 14.5 Å². The van der Waals surface area contributed by atoms with Crippen LogP contribution in [0.2, 0.25) is 5.02 Å². The number of ether oxygens (including phenoxy) is 1. The summed E-state index contributed by atoms with van der Waals surface area (Å²) >= 11 is 5.75. The molecule has 0 saturated carbocycles. The van der Waals surface area contributed by atoms with Crippen molar-refractivity contribution in [1.29, 1.82) is 0 Å². The van der Waals surface area contributed by atoms with Gasteiger partial charge in [-0.25, -0.2) is 8.42 Å². The number of benzene rings is 1. The quantitative estimate of drug-likeness (QED) is 0.642. The highest BCUT2D eigenvalue weighted by atomic mass is 35.5. The molecule has 160 valence electrons. The number of carbonyl (C=O) groups is 3. The van der Waals surface area contributed by atoms with Crippen LogP contribution in [0.4, 0.5) is 0 Å². The maximum atomic E-state index is 12.5. The topological polar surface area (TPSA) is 113 Å². The SMILES string of the molecule is CC(=O)N1CCN(C(=O)C(C)OC(=O)[C@H](C)NS(=O)(=O)c2ccc(Cl)cc2)CC1. The number of esters is 1. The van der Waals surface area contributed by atoms with Crippen molar-refractivity contribution in [3.05, 3.63) is 29.3 Å². The summed E-state index contributed by atoms with van der Waals surface area (Å²) in [6.07, 6.45) is -1.08. The standard InChI is InChI=1S/C18H24ClN3O6S/c1-12(20-29(26,27)16-6-4-15(19)5-7-16)18(25)28-13(2)17(24)22-10-8-21(9-11-22)14(3)23/h4-7,12-13,20H,8-11H2,1-3H3/t12-,13?/m0/s1. The zero-order valence-electron chi connectivity index (χ0n) is 16.4. The number of hydrogen-bond acceptors (Lipinski definition) is 6. The second-order valence-electron chi connectivity index (χ2n) is 6.71. The van der Waals surface area contributed by atoms with Crippen molar-refractivity contribution in [3.8, 4) is 0 Å². The third kappa shape index (κ3) is 6.15. The number of piperazine rings is 1. The van der Waals surface area contributed by atoms with Gasteiger partial charge in [0.1, 0.15) is 6.04 Å². The molecule has 0 aliphatic carbocycles. The maximum absolute atomic E-state index is 12.5. The van der Waals surface area contributed by atoms with E-state index in [-0.39, 0.29) is 10.8 Å². The van der Waals surface area contributed by atoms with Crippen LogP contribution in [0.25, 0.3) is 0 Å². The third-order valence-electron chi connectivity index (χ3n) is 4.49. The van der Waals surface area contributed by atoms with Crippen LogP contribution in [-0.4, -0.2) is 74.3 Å². The van der Waals surface area contributed by atoms with Gasteiger partial charge in [-0.15, -0.1) is 0 Å². The monoisotopic (exact) mass is 445 g/mol. The minimum absolute atomic E-state index is 0.0472. The number of carbonyl (C=O) groups excluding carboxylic acids is 3. The highest BCUT2D eigenvalue weighted by Gasteiger charge is 2.30. The van der Waals surface area contributed by atoms with Gasteiger partial charge >= 0.3 is 5.97 Å². The lowest BCUT2D eigenvalue weighted by Gasteiger charge is -2.35. The van der Waals surface area contributed by atoms with Gasteiger partial charge in [0, 0.05) is 38.1 Å². The number of sulfonamides is 1. The van der Waals surface area contributed by atoms with Crippen LogP contribution in [0.15, 0.2) is 29.2 Å². The number of nitrogens with one attached hydrogen (secondary N) is 1. The Morgan fingerprint density at radius 2 is 1.55 bits per heavy atom. The van der Waals surface area contributed by atoms with Gasteiger partial charge in [0.15, 0.2) is 6.10 Å². The second kappa shape index (κ2) is 9.55. The molecule has 0 radical (unpaired) electrons. The molecule has 2 atom stereocenters. The Bertz CT molecular complexity index is 866. The summed E-state index contributed by atoms with van der Waals surface area (Å²) in [5.74, 6) is -1.32. The van der Waals surface area contributed by atoms with E-state index in [1.165, 1.54) is 49.9 Å². The molecular formula is C18H24ClN3O6S. The van der Waals surface area contributed by atoms with E-state index >= 15 is 0 Å². The van der Waals surface area contributed by atoms with Gasteiger partial charge in [-0.05, 0) is 38.1 Å². The van der Waals surface area contributed by atoms with Gasteiger partial charge in [0.2, 0.25) is 15.9 Å². The number of rotatable bonds is 6. The van der Waals surface area contributed by atoms with Crippen molar-refractivity contribution in [3.63, 3.8) is 0 Å². The zero-order chi connectivity index (χ0) is 21.8. The Balaban J connectivity index is 1.90. The number of halogens is 1. The summed E-state index contributed by atoms with van der Waals surface area (Å²) in [7, 11) is -3.95. The first kappa shape index (κ1) is 23.1. The molecular weight excluding hydrogens is 422 g/mol. The lowest BCUT2D eigenvalue weighted by Crippen LogP contribution is -2.53. The van der Waals surface area contributed by atoms with Crippen LogP contribution in [0.1, 0.15) is 20.8 Å². The Morgan fingerprint density at radius 1 is 1.03 bits per heavy atom. The van der Waals surface area contributed by atoms with Crippen molar-refractivity contribution in [2.45, 2.75) is 37.8 Å². The summed E-state index contributed by atoms with van der Waals surface area (Å²) in [6.45, 7) is 5.75. The van der Waals surface area contributed by atoms with Gasteiger partial charge in [0.25, 0.3) is 5.91 Å². The number of nitrogens with zero attached hydrogens (tertiary/aromatic N) is 2. The fourth-order valence-electron chi connectivity index (χ4n) is 2.79. The van der Waals surface area contributed by atoms with Crippen molar-refractivity contribution in [2.24, 2.45) is 0 Å². The van der Waals surface area contributed by atoms with E-state index in [1.807, 2.05) is 0 Å². The fourth-order valence-corrected chi connectivity index (χ4v) is 4.11. The first-order chi connectivity index (χ1) is 13.5. The second-order valence-corrected chi connectivity index (χ2v) is 8.86. The van der Waals surface area contributed by atoms with Crippen LogP contribution < -0.4 is 4.72 Å². The molecule has 0 spiro atoms. The van der Waals surface area contributed by atoms with Gasteiger partial charge < -0.3 is 14.5 Å². The van der Waals surface area contributed by atoms with Crippen LogP contribution >= 0.6 is 11.6 Å². The lowest BCUT2D eigenvalue weighted by molar-refractivity contribution is -0.161. The van der Waals surface area contributed by atoms with E-state index in [0.29, 0.717) is 31.2 Å². The molecule has 1 aromatic rings. The van der Waals surface area contributed by atoms with Gasteiger partial charge in [0.05, 0.1) is 4.90 Å². The Morgan fingerprint density at radius 3 is 2.07 bits per heavy atom. The highest BCUT2D eigenvalue weighted by Crippen LogP contribution is 2.14. The smallest absolute Gasteiger partial charge is 0.324 e. The summed E-state index contributed by atoms with van der Waals surface area (Å²) in [5, 5.41) is 0.382. The zero-order valence-corrected chi connectivity index (χ0v) is 18.0. The minimum atomic E-state index is -3.95. The lowest BCUT2D eigenvalue weighted by atomic mass is 10.2. The average molecular weight is 446 g/mol. The Kier molecular flexibility index (Phi) is 7.61.